The van der Waals surface area contributed by atoms with Gasteiger partial charge in [-0.25, -0.2) is 4.98 Å². The molecule has 180 valence electrons. The summed E-state index contributed by atoms with van der Waals surface area (Å²) < 4.78 is 0. The van der Waals surface area contributed by atoms with Gasteiger partial charge in [0.15, 0.2) is 0 Å². The van der Waals surface area contributed by atoms with Crippen molar-refractivity contribution in [3.8, 4) is 10.4 Å². The molecule has 0 saturated carbocycles. The first kappa shape index (κ1) is 25.4. The van der Waals surface area contributed by atoms with E-state index in [2.05, 4.69) is 60.2 Å². The number of likely N-dealkylation sites (N-methyl/N-ethyl adjacent to an activating group) is 1. The van der Waals surface area contributed by atoms with Gasteiger partial charge in [0.25, 0.3) is 0 Å². The molecule has 1 aliphatic heterocycles. The molecule has 1 N–H and O–H groups in total. The van der Waals surface area contributed by atoms with E-state index in [9.17, 15) is 9.59 Å². The fourth-order valence-corrected chi connectivity index (χ4v) is 5.05. The molecule has 3 unspecified atom stereocenters. The number of benzene rings is 1. The van der Waals surface area contributed by atoms with Crippen LogP contribution in [0.4, 0.5) is 0 Å². The molecular formula is C26H38N4O2S. The number of hydrogen-bond acceptors (Lipinski definition) is 5. The van der Waals surface area contributed by atoms with E-state index in [-0.39, 0.29) is 29.2 Å². The maximum absolute atomic E-state index is 13.4. The Morgan fingerprint density at radius 1 is 1.24 bits per heavy atom. The highest BCUT2D eigenvalue weighted by Crippen LogP contribution is 2.31. The quantitative estimate of drug-likeness (QED) is 0.647. The Hall–Kier alpha value is -2.25. The van der Waals surface area contributed by atoms with Gasteiger partial charge in [-0.15, -0.1) is 11.3 Å². The molecule has 6 nitrogen and oxygen atoms in total. The Morgan fingerprint density at radius 3 is 2.45 bits per heavy atom. The van der Waals surface area contributed by atoms with Crippen molar-refractivity contribution in [1.29, 1.82) is 0 Å². The molecule has 3 rings (SSSR count). The van der Waals surface area contributed by atoms with Crippen molar-refractivity contribution in [2.24, 2.45) is 11.3 Å². The lowest BCUT2D eigenvalue weighted by atomic mass is 9.81. The van der Waals surface area contributed by atoms with Crippen LogP contribution in [0.1, 0.15) is 57.8 Å². The number of thiazole rings is 1. The number of aromatic nitrogens is 1. The van der Waals surface area contributed by atoms with Crippen molar-refractivity contribution >= 4 is 23.2 Å². The van der Waals surface area contributed by atoms with Gasteiger partial charge in [-0.1, -0.05) is 52.0 Å². The minimum Gasteiger partial charge on any atom is -0.346 e. The van der Waals surface area contributed by atoms with E-state index in [1.165, 1.54) is 4.88 Å². The number of rotatable bonds is 7. The van der Waals surface area contributed by atoms with Crippen LogP contribution in [0.15, 0.2) is 29.8 Å². The summed E-state index contributed by atoms with van der Waals surface area (Å²) in [6.07, 6.45) is 1.58. The monoisotopic (exact) mass is 470 g/mol. The molecule has 1 aliphatic rings. The summed E-state index contributed by atoms with van der Waals surface area (Å²) in [5.74, 6) is -0.115. The molecule has 1 saturated heterocycles. The van der Waals surface area contributed by atoms with Gasteiger partial charge in [-0.2, -0.15) is 0 Å². The van der Waals surface area contributed by atoms with Crippen LogP contribution in [0.3, 0.4) is 0 Å². The van der Waals surface area contributed by atoms with Gasteiger partial charge in [0.05, 0.1) is 22.1 Å². The molecular weight excluding hydrogens is 432 g/mol. The smallest absolute Gasteiger partial charge is 0.243 e. The van der Waals surface area contributed by atoms with E-state index in [1.54, 1.807) is 16.2 Å². The Labute approximate surface area is 202 Å². The summed E-state index contributed by atoms with van der Waals surface area (Å²) >= 11 is 1.64. The molecule has 0 bridgehead atoms. The van der Waals surface area contributed by atoms with Gasteiger partial charge < -0.3 is 15.1 Å². The maximum atomic E-state index is 13.4. The molecule has 1 aromatic heterocycles. The van der Waals surface area contributed by atoms with Crippen LogP contribution in [0.2, 0.25) is 0 Å². The summed E-state index contributed by atoms with van der Waals surface area (Å²) in [6, 6.07) is 7.82. The highest BCUT2D eigenvalue weighted by Gasteiger charge is 2.39. The Morgan fingerprint density at radius 2 is 1.91 bits per heavy atom. The lowest BCUT2D eigenvalue weighted by molar-refractivity contribution is -0.144. The molecule has 0 spiro atoms. The number of carbonyl (C=O) groups excluding carboxylic acids is 2. The topological polar surface area (TPSA) is 65.5 Å². The number of carbonyl (C=O) groups is 2. The van der Waals surface area contributed by atoms with Gasteiger partial charge in [0.1, 0.15) is 6.04 Å². The first-order chi connectivity index (χ1) is 15.5. The number of hydrogen-bond donors (Lipinski definition) is 1. The number of nitrogens with zero attached hydrogens (tertiary/aromatic N) is 3. The average Bonchev–Trinajstić information content (AvgIpc) is 3.40. The van der Waals surface area contributed by atoms with Crippen LogP contribution in [0.25, 0.3) is 10.4 Å². The third-order valence-electron chi connectivity index (χ3n) is 6.69. The van der Waals surface area contributed by atoms with Gasteiger partial charge >= 0.3 is 0 Å². The third-order valence-corrected chi connectivity index (χ3v) is 7.67. The standard InChI is InChI=1S/C26H38N4O2S/c1-17(26(3,4)5)25(32)30-14-8-9-22(30)24(31)28-21(15-29(6)7)19-10-12-20(13-11-19)23-18(2)27-16-33-23/h10-13,16-17,21-22H,8-9,14-15H2,1-7H3,(H,28,31). The lowest BCUT2D eigenvalue weighted by Crippen LogP contribution is -2.50. The Balaban J connectivity index is 1.76. The van der Waals surface area contributed by atoms with Crippen LogP contribution >= 0.6 is 11.3 Å². The minimum absolute atomic E-state index is 0.0591. The SMILES string of the molecule is Cc1ncsc1-c1ccc(C(CN(C)C)NC(=O)C2CCCN2C(=O)C(C)C(C)(C)C)cc1. The molecule has 0 aliphatic carbocycles. The molecule has 0 radical (unpaired) electrons. The van der Waals surface area contributed by atoms with Crippen molar-refractivity contribution in [2.75, 3.05) is 27.2 Å². The Bertz CT molecular complexity index is 961. The fourth-order valence-electron chi connectivity index (χ4n) is 4.24. The molecule has 1 aromatic carbocycles. The third kappa shape index (κ3) is 6.01. The van der Waals surface area contributed by atoms with E-state index in [4.69, 9.17) is 0 Å². The first-order valence-electron chi connectivity index (χ1n) is 11.7. The van der Waals surface area contributed by atoms with Gasteiger partial charge in [0, 0.05) is 19.0 Å². The molecule has 2 amide bonds. The van der Waals surface area contributed by atoms with Crippen molar-refractivity contribution in [1.82, 2.24) is 20.1 Å². The average molecular weight is 471 g/mol. The highest BCUT2D eigenvalue weighted by molar-refractivity contribution is 7.13. The second-order valence-electron chi connectivity index (χ2n) is 10.5. The summed E-state index contributed by atoms with van der Waals surface area (Å²) in [4.78, 5) is 35.9. The van der Waals surface area contributed by atoms with Crippen molar-refractivity contribution < 1.29 is 9.59 Å². The zero-order valence-corrected chi connectivity index (χ0v) is 21.8. The van der Waals surface area contributed by atoms with E-state index in [1.807, 2.05) is 33.5 Å². The lowest BCUT2D eigenvalue weighted by Gasteiger charge is -2.33. The summed E-state index contributed by atoms with van der Waals surface area (Å²) in [6.45, 7) is 11.5. The second kappa shape index (κ2) is 10.3. The predicted octanol–water partition coefficient (Wildman–Crippen LogP) is 4.51. The van der Waals surface area contributed by atoms with E-state index < -0.39 is 6.04 Å². The van der Waals surface area contributed by atoms with E-state index in [0.717, 1.165) is 23.2 Å². The predicted molar refractivity (Wildman–Crippen MR) is 135 cm³/mol. The number of nitrogens with one attached hydrogen (secondary N) is 1. The van der Waals surface area contributed by atoms with Crippen LogP contribution < -0.4 is 5.32 Å². The zero-order valence-electron chi connectivity index (χ0n) is 21.0. The summed E-state index contributed by atoms with van der Waals surface area (Å²) in [5, 5.41) is 3.25. The van der Waals surface area contributed by atoms with Crippen molar-refractivity contribution in [3.63, 3.8) is 0 Å². The molecule has 3 atom stereocenters. The fraction of sp³-hybridized carbons (Fsp3) is 0.577. The molecule has 1 fully saturated rings. The number of likely N-dealkylation sites (tertiary alicyclic amines) is 1. The first-order valence-corrected chi connectivity index (χ1v) is 12.6. The molecule has 33 heavy (non-hydrogen) atoms. The minimum atomic E-state index is -0.397. The summed E-state index contributed by atoms with van der Waals surface area (Å²) in [5.41, 5.74) is 4.95. The number of aryl methyl sites for hydroxylation is 1. The van der Waals surface area contributed by atoms with Crippen LogP contribution in [0.5, 0.6) is 0 Å². The molecule has 2 aromatic rings. The maximum Gasteiger partial charge on any atom is 0.243 e. The van der Waals surface area contributed by atoms with Crippen molar-refractivity contribution in [3.05, 3.63) is 41.0 Å². The van der Waals surface area contributed by atoms with E-state index >= 15 is 0 Å². The van der Waals surface area contributed by atoms with Gasteiger partial charge in [0.2, 0.25) is 11.8 Å². The highest BCUT2D eigenvalue weighted by atomic mass is 32.1. The zero-order chi connectivity index (χ0) is 24.3. The summed E-state index contributed by atoms with van der Waals surface area (Å²) in [7, 11) is 4.01. The number of amides is 2. The van der Waals surface area contributed by atoms with Crippen LogP contribution in [-0.4, -0.2) is 59.8 Å². The Kier molecular flexibility index (Phi) is 7.96. The molecule has 2 heterocycles. The van der Waals surface area contributed by atoms with Crippen LogP contribution in [-0.2, 0) is 9.59 Å². The largest absolute Gasteiger partial charge is 0.346 e. The van der Waals surface area contributed by atoms with E-state index in [0.29, 0.717) is 19.5 Å². The second-order valence-corrected chi connectivity index (χ2v) is 11.3. The normalized spacial score (nSPS) is 18.4. The van der Waals surface area contributed by atoms with Crippen LogP contribution in [0, 0.1) is 18.3 Å². The van der Waals surface area contributed by atoms with Gasteiger partial charge in [-0.05, 0) is 50.4 Å². The molecule has 7 heteroatoms. The van der Waals surface area contributed by atoms with Crippen molar-refractivity contribution in [2.45, 2.75) is 59.5 Å². The van der Waals surface area contributed by atoms with Gasteiger partial charge in [-0.3, -0.25) is 9.59 Å².